The third-order valence-corrected chi connectivity index (χ3v) is 5.04. The molecule has 2 atom stereocenters. The zero-order valence-electron chi connectivity index (χ0n) is 11.6. The van der Waals surface area contributed by atoms with Crippen molar-refractivity contribution in [2.45, 2.75) is 5.92 Å². The molecule has 1 aliphatic carbocycles. The molecule has 2 N–H and O–H groups in total. The van der Waals surface area contributed by atoms with Gasteiger partial charge in [0.25, 0.3) is 0 Å². The van der Waals surface area contributed by atoms with Crippen LogP contribution in [0.1, 0.15) is 11.5 Å². The van der Waals surface area contributed by atoms with Crippen molar-refractivity contribution in [2.75, 3.05) is 13.2 Å². The van der Waals surface area contributed by atoms with Gasteiger partial charge in [-0.25, -0.2) is 0 Å². The van der Waals surface area contributed by atoms with Crippen molar-refractivity contribution in [1.29, 1.82) is 15.8 Å². The number of hydrogen-bond acceptors (Lipinski definition) is 6. The molecule has 1 aromatic rings. The minimum atomic E-state index is -1.55. The summed E-state index contributed by atoms with van der Waals surface area (Å²) in [6.07, 6.45) is 1.83. The van der Waals surface area contributed by atoms with Crippen molar-refractivity contribution >= 4 is 11.3 Å². The highest BCUT2D eigenvalue weighted by Crippen LogP contribution is 2.54. The predicted octanol–water partition coefficient (Wildman–Crippen LogP) is 2.19. The summed E-state index contributed by atoms with van der Waals surface area (Å²) in [5, 5.41) is 32.7. The van der Waals surface area contributed by atoms with E-state index < -0.39 is 11.3 Å². The van der Waals surface area contributed by atoms with Gasteiger partial charge < -0.3 is 10.5 Å². The topological polar surface area (TPSA) is 107 Å². The molecule has 6 heteroatoms. The molecular formula is C16H12N4OS. The van der Waals surface area contributed by atoms with Crippen LogP contribution in [-0.2, 0) is 4.74 Å². The standard InChI is InChI=1S/C16H12N4OS/c17-5-12-11-1-3-21-6-13(11)14(10-2-4-22-7-10)16(8-18,9-19)15(12)20/h1-2,4,7,13-14H,3,6,20H2/t13-,14+/m1/s1. The van der Waals surface area contributed by atoms with E-state index in [4.69, 9.17) is 10.5 Å². The lowest BCUT2D eigenvalue weighted by Gasteiger charge is -2.42. The Kier molecular flexibility index (Phi) is 3.47. The second kappa shape index (κ2) is 5.31. The van der Waals surface area contributed by atoms with Crippen LogP contribution in [0.2, 0.25) is 0 Å². The van der Waals surface area contributed by atoms with E-state index in [2.05, 4.69) is 18.2 Å². The lowest BCUT2D eigenvalue weighted by atomic mass is 9.59. The van der Waals surface area contributed by atoms with Gasteiger partial charge in [-0.1, -0.05) is 6.08 Å². The summed E-state index contributed by atoms with van der Waals surface area (Å²) in [5.41, 5.74) is 6.57. The summed E-state index contributed by atoms with van der Waals surface area (Å²) in [5.74, 6) is -0.651. The van der Waals surface area contributed by atoms with Crippen LogP contribution in [0, 0.1) is 45.3 Å². The molecule has 1 aliphatic heterocycles. The molecule has 108 valence electrons. The molecular weight excluding hydrogens is 296 g/mol. The van der Waals surface area contributed by atoms with E-state index in [0.29, 0.717) is 13.2 Å². The summed E-state index contributed by atoms with van der Waals surface area (Å²) in [6.45, 7) is 0.780. The van der Waals surface area contributed by atoms with E-state index in [1.807, 2.05) is 22.9 Å². The number of rotatable bonds is 1. The van der Waals surface area contributed by atoms with Crippen molar-refractivity contribution in [2.24, 2.45) is 17.1 Å². The number of hydrogen-bond donors (Lipinski definition) is 1. The van der Waals surface area contributed by atoms with E-state index in [1.165, 1.54) is 11.3 Å². The van der Waals surface area contributed by atoms with Gasteiger partial charge in [0.1, 0.15) is 6.07 Å². The summed E-state index contributed by atoms with van der Waals surface area (Å²) in [4.78, 5) is 0. The number of ether oxygens (including phenoxy) is 1. The summed E-state index contributed by atoms with van der Waals surface area (Å²) in [7, 11) is 0. The number of nitriles is 3. The van der Waals surface area contributed by atoms with Crippen LogP contribution in [0.5, 0.6) is 0 Å². The summed E-state index contributed by atoms with van der Waals surface area (Å²) in [6, 6.07) is 8.13. The number of thiophene rings is 1. The Morgan fingerprint density at radius 1 is 1.32 bits per heavy atom. The molecule has 22 heavy (non-hydrogen) atoms. The largest absolute Gasteiger partial charge is 0.399 e. The molecule has 5 nitrogen and oxygen atoms in total. The van der Waals surface area contributed by atoms with Gasteiger partial charge in [-0.15, -0.1) is 0 Å². The Morgan fingerprint density at radius 3 is 2.68 bits per heavy atom. The lowest BCUT2D eigenvalue weighted by Crippen LogP contribution is -2.44. The van der Waals surface area contributed by atoms with Gasteiger partial charge in [-0.05, 0) is 28.0 Å². The average molecular weight is 308 g/mol. The van der Waals surface area contributed by atoms with Gasteiger partial charge in [0.2, 0.25) is 0 Å². The van der Waals surface area contributed by atoms with Crippen LogP contribution in [0.3, 0.4) is 0 Å². The maximum absolute atomic E-state index is 9.73. The SMILES string of the molecule is N#CC1=C(N)C(C#N)(C#N)[C@@H](c2ccsc2)[C@@H]2COCC=C12. The highest BCUT2D eigenvalue weighted by Gasteiger charge is 2.54. The summed E-state index contributed by atoms with van der Waals surface area (Å²) < 4.78 is 5.51. The van der Waals surface area contributed by atoms with E-state index in [0.717, 1.165) is 11.1 Å². The van der Waals surface area contributed by atoms with Crippen LogP contribution in [-0.4, -0.2) is 13.2 Å². The van der Waals surface area contributed by atoms with Gasteiger partial charge in [0.05, 0.1) is 36.6 Å². The Bertz CT molecular complexity index is 772. The molecule has 0 saturated heterocycles. The third kappa shape index (κ3) is 1.77. The first-order valence-corrected chi connectivity index (χ1v) is 7.67. The average Bonchev–Trinajstić information content (AvgIpc) is 3.08. The fourth-order valence-electron chi connectivity index (χ4n) is 3.31. The first kappa shape index (κ1) is 14.4. The highest BCUT2D eigenvalue weighted by molar-refractivity contribution is 7.08. The molecule has 2 heterocycles. The molecule has 0 saturated carbocycles. The van der Waals surface area contributed by atoms with E-state index in [9.17, 15) is 15.8 Å². The van der Waals surface area contributed by atoms with Crippen LogP contribution in [0.15, 0.2) is 39.7 Å². The fourth-order valence-corrected chi connectivity index (χ4v) is 4.01. The van der Waals surface area contributed by atoms with Crippen LogP contribution < -0.4 is 5.73 Å². The maximum atomic E-state index is 9.73. The summed E-state index contributed by atoms with van der Waals surface area (Å²) >= 11 is 1.50. The quantitative estimate of drug-likeness (QED) is 0.855. The zero-order valence-corrected chi connectivity index (χ0v) is 12.4. The Labute approximate surface area is 132 Å². The molecule has 0 spiro atoms. The first-order valence-electron chi connectivity index (χ1n) is 6.72. The Hall–Kier alpha value is -2.59. The molecule has 0 aromatic carbocycles. The van der Waals surface area contributed by atoms with Gasteiger partial charge in [0, 0.05) is 11.8 Å². The molecule has 3 rings (SSSR count). The third-order valence-electron chi connectivity index (χ3n) is 4.34. The second-order valence-electron chi connectivity index (χ2n) is 5.27. The number of fused-ring (bicyclic) bond motifs is 1. The monoisotopic (exact) mass is 308 g/mol. The van der Waals surface area contributed by atoms with Crippen molar-refractivity contribution in [3.8, 4) is 18.2 Å². The highest BCUT2D eigenvalue weighted by atomic mass is 32.1. The van der Waals surface area contributed by atoms with Gasteiger partial charge in [0.15, 0.2) is 5.41 Å². The van der Waals surface area contributed by atoms with E-state index in [-0.39, 0.29) is 17.2 Å². The second-order valence-corrected chi connectivity index (χ2v) is 6.05. The van der Waals surface area contributed by atoms with Crippen molar-refractivity contribution in [3.63, 3.8) is 0 Å². The van der Waals surface area contributed by atoms with E-state index in [1.54, 1.807) is 0 Å². The van der Waals surface area contributed by atoms with Crippen LogP contribution >= 0.6 is 11.3 Å². The smallest absolute Gasteiger partial charge is 0.191 e. The predicted molar refractivity (Wildman–Crippen MR) is 79.9 cm³/mol. The van der Waals surface area contributed by atoms with Gasteiger partial charge in [-0.3, -0.25) is 0 Å². The fraction of sp³-hybridized carbons (Fsp3) is 0.312. The number of allylic oxidation sites excluding steroid dienone is 2. The lowest BCUT2D eigenvalue weighted by molar-refractivity contribution is 0.0980. The first-order chi connectivity index (χ1) is 10.7. The normalized spacial score (nSPS) is 26.1. The molecule has 1 aromatic heterocycles. The molecule has 0 bridgehead atoms. The van der Waals surface area contributed by atoms with E-state index >= 15 is 0 Å². The zero-order chi connectivity index (χ0) is 15.7. The minimum absolute atomic E-state index is 0.0561. The van der Waals surface area contributed by atoms with Crippen molar-refractivity contribution < 1.29 is 4.74 Å². The van der Waals surface area contributed by atoms with Gasteiger partial charge >= 0.3 is 0 Å². The van der Waals surface area contributed by atoms with Crippen molar-refractivity contribution in [1.82, 2.24) is 0 Å². The Morgan fingerprint density at radius 2 is 2.09 bits per heavy atom. The maximum Gasteiger partial charge on any atom is 0.191 e. The number of nitrogens with zero attached hydrogens (tertiary/aromatic N) is 3. The minimum Gasteiger partial charge on any atom is -0.399 e. The molecule has 0 radical (unpaired) electrons. The van der Waals surface area contributed by atoms with Crippen LogP contribution in [0.4, 0.5) is 0 Å². The molecule has 0 fully saturated rings. The van der Waals surface area contributed by atoms with Crippen molar-refractivity contribution in [3.05, 3.63) is 45.3 Å². The molecule has 2 aliphatic rings. The van der Waals surface area contributed by atoms with Gasteiger partial charge in [-0.2, -0.15) is 27.1 Å². The molecule has 0 unspecified atom stereocenters. The Balaban J connectivity index is 2.33. The molecule has 0 amide bonds. The number of nitrogens with two attached hydrogens (primary N) is 1. The van der Waals surface area contributed by atoms with Crippen LogP contribution in [0.25, 0.3) is 0 Å².